The van der Waals surface area contributed by atoms with Crippen LogP contribution >= 0.6 is 0 Å². The lowest BCUT2D eigenvalue weighted by atomic mass is 10.0. The third kappa shape index (κ3) is 8.67. The standard InChI is InChI=1S/C25H42N4O3.C9H12/c1-4-18(3)9-16-29(25(5-2)12-13-25)22(31)17-27-21-8-6-7-20(21)23(26)24(32)28-14-10-19(30)11-15-28;1-7-5-4-6-8(2)9(7)3/h18-19,30H,4-17,26H2,1-3H3;4-6H,1-3H3/b23-20-,27-21?;. The topological polar surface area (TPSA) is 99.2 Å². The highest BCUT2D eigenvalue weighted by molar-refractivity contribution is 6.09. The lowest BCUT2D eigenvalue weighted by Crippen LogP contribution is -2.44. The van der Waals surface area contributed by atoms with E-state index in [2.05, 4.69) is 69.6 Å². The van der Waals surface area contributed by atoms with Gasteiger partial charge in [0.1, 0.15) is 12.2 Å². The van der Waals surface area contributed by atoms with Crippen molar-refractivity contribution in [1.29, 1.82) is 0 Å². The zero-order valence-corrected chi connectivity index (χ0v) is 26.5. The van der Waals surface area contributed by atoms with Crippen LogP contribution in [0.5, 0.6) is 0 Å². The molecule has 41 heavy (non-hydrogen) atoms. The molecule has 3 N–H and O–H groups in total. The van der Waals surface area contributed by atoms with E-state index >= 15 is 0 Å². The molecule has 1 unspecified atom stereocenters. The number of aryl methyl sites for hydroxylation is 2. The molecule has 3 aliphatic rings. The summed E-state index contributed by atoms with van der Waals surface area (Å²) in [5.74, 6) is 0.544. The third-order valence-corrected chi connectivity index (χ3v) is 9.68. The highest BCUT2D eigenvalue weighted by atomic mass is 16.3. The fourth-order valence-corrected chi connectivity index (χ4v) is 5.85. The van der Waals surface area contributed by atoms with E-state index in [1.165, 1.54) is 16.7 Å². The van der Waals surface area contributed by atoms with Gasteiger partial charge in [-0.3, -0.25) is 14.6 Å². The second-order valence-corrected chi connectivity index (χ2v) is 12.5. The van der Waals surface area contributed by atoms with E-state index in [0.29, 0.717) is 31.8 Å². The molecule has 0 spiro atoms. The van der Waals surface area contributed by atoms with Gasteiger partial charge >= 0.3 is 0 Å². The van der Waals surface area contributed by atoms with Gasteiger partial charge in [0.2, 0.25) is 5.91 Å². The molecule has 0 radical (unpaired) electrons. The molecule has 2 saturated carbocycles. The average Bonchev–Trinajstić information content (AvgIpc) is 3.62. The van der Waals surface area contributed by atoms with Crippen molar-refractivity contribution >= 4 is 17.5 Å². The Morgan fingerprint density at radius 3 is 2.29 bits per heavy atom. The van der Waals surface area contributed by atoms with Gasteiger partial charge in [0.25, 0.3) is 5.91 Å². The number of likely N-dealkylation sites (tertiary alicyclic amines) is 1. The fourth-order valence-electron chi connectivity index (χ4n) is 5.85. The van der Waals surface area contributed by atoms with Gasteiger partial charge in [-0.2, -0.15) is 0 Å². The number of allylic oxidation sites excluding steroid dienone is 1. The highest BCUT2D eigenvalue weighted by Gasteiger charge is 2.48. The van der Waals surface area contributed by atoms with Crippen LogP contribution in [0.2, 0.25) is 0 Å². The van der Waals surface area contributed by atoms with Crippen LogP contribution in [-0.2, 0) is 9.59 Å². The maximum Gasteiger partial charge on any atom is 0.270 e. The first kappa shape index (κ1) is 32.8. The summed E-state index contributed by atoms with van der Waals surface area (Å²) in [4.78, 5) is 34.6. The van der Waals surface area contributed by atoms with Crippen molar-refractivity contribution in [3.63, 3.8) is 0 Å². The van der Waals surface area contributed by atoms with Gasteiger partial charge in [0.05, 0.1) is 6.10 Å². The SMILES string of the molecule is CCC(C)CCN(C(=O)CN=C1CCC/C1=C(/N)C(=O)N1CCC(O)CC1)C1(CC)CC1.Cc1cccc(C)c1C. The van der Waals surface area contributed by atoms with E-state index in [1.807, 2.05) is 0 Å². The smallest absolute Gasteiger partial charge is 0.270 e. The minimum atomic E-state index is -0.330. The molecule has 7 nitrogen and oxygen atoms in total. The number of aliphatic hydroxyl groups excluding tert-OH is 1. The zero-order valence-electron chi connectivity index (χ0n) is 26.5. The van der Waals surface area contributed by atoms with E-state index in [0.717, 1.165) is 69.2 Å². The third-order valence-electron chi connectivity index (χ3n) is 9.68. The molecule has 2 aliphatic carbocycles. The average molecular weight is 567 g/mol. The van der Waals surface area contributed by atoms with E-state index in [1.54, 1.807) is 4.90 Å². The second kappa shape index (κ2) is 15.0. The zero-order chi connectivity index (χ0) is 30.2. The van der Waals surface area contributed by atoms with Crippen LogP contribution in [0.3, 0.4) is 0 Å². The molecule has 0 bridgehead atoms. The van der Waals surface area contributed by atoms with Crippen LogP contribution in [0, 0.1) is 26.7 Å². The van der Waals surface area contributed by atoms with Crippen molar-refractivity contribution in [1.82, 2.24) is 9.80 Å². The minimum absolute atomic E-state index is 0.0346. The highest BCUT2D eigenvalue weighted by Crippen LogP contribution is 2.45. The molecular formula is C34H54N4O3. The van der Waals surface area contributed by atoms with Crippen molar-refractivity contribution in [2.75, 3.05) is 26.2 Å². The summed E-state index contributed by atoms with van der Waals surface area (Å²) >= 11 is 0. The van der Waals surface area contributed by atoms with Gasteiger partial charge in [-0.1, -0.05) is 45.4 Å². The second-order valence-electron chi connectivity index (χ2n) is 12.5. The summed E-state index contributed by atoms with van der Waals surface area (Å²) in [5, 5.41) is 9.69. The van der Waals surface area contributed by atoms with Crippen molar-refractivity contribution < 1.29 is 14.7 Å². The predicted octanol–water partition coefficient (Wildman–Crippen LogP) is 5.63. The molecule has 3 fully saturated rings. The van der Waals surface area contributed by atoms with Crippen LogP contribution in [0.4, 0.5) is 0 Å². The maximum absolute atomic E-state index is 13.2. The predicted molar refractivity (Wildman–Crippen MR) is 168 cm³/mol. The molecule has 4 rings (SSSR count). The Labute approximate surface area is 248 Å². The van der Waals surface area contributed by atoms with Crippen molar-refractivity contribution in [3.05, 3.63) is 46.2 Å². The summed E-state index contributed by atoms with van der Waals surface area (Å²) in [6, 6.07) is 6.38. The normalized spacial score (nSPS) is 21.2. The van der Waals surface area contributed by atoms with Crippen molar-refractivity contribution in [2.45, 2.75) is 117 Å². The quantitative estimate of drug-likeness (QED) is 0.379. The lowest BCUT2D eigenvalue weighted by molar-refractivity contribution is -0.133. The van der Waals surface area contributed by atoms with Gasteiger partial charge in [0, 0.05) is 36.5 Å². The molecule has 1 heterocycles. The van der Waals surface area contributed by atoms with Crippen LogP contribution in [0.25, 0.3) is 0 Å². The van der Waals surface area contributed by atoms with Crippen molar-refractivity contribution in [3.8, 4) is 0 Å². The summed E-state index contributed by atoms with van der Waals surface area (Å²) in [6.07, 6.45) is 8.58. The molecule has 1 aromatic rings. The molecule has 228 valence electrons. The largest absolute Gasteiger partial charge is 0.394 e. The van der Waals surface area contributed by atoms with Gasteiger partial charge < -0.3 is 20.6 Å². The van der Waals surface area contributed by atoms with Gasteiger partial charge in [-0.25, -0.2) is 0 Å². The maximum atomic E-state index is 13.2. The first-order chi connectivity index (χ1) is 19.5. The number of aliphatic hydroxyl groups is 1. The van der Waals surface area contributed by atoms with E-state index in [-0.39, 0.29) is 35.7 Å². The monoisotopic (exact) mass is 566 g/mol. The van der Waals surface area contributed by atoms with E-state index in [4.69, 9.17) is 5.73 Å². The van der Waals surface area contributed by atoms with Crippen LogP contribution < -0.4 is 5.73 Å². The number of carbonyl (C=O) groups excluding carboxylic acids is 2. The number of amides is 2. The minimum Gasteiger partial charge on any atom is -0.394 e. The van der Waals surface area contributed by atoms with E-state index in [9.17, 15) is 14.7 Å². The first-order valence-corrected chi connectivity index (χ1v) is 15.9. The number of rotatable bonds is 9. The lowest BCUT2D eigenvalue weighted by Gasteiger charge is -2.32. The number of hydrogen-bond donors (Lipinski definition) is 2. The Kier molecular flexibility index (Phi) is 12.0. The Morgan fingerprint density at radius 1 is 1.12 bits per heavy atom. The number of nitrogens with zero attached hydrogens (tertiary/aromatic N) is 3. The van der Waals surface area contributed by atoms with Crippen LogP contribution in [0.1, 0.15) is 102 Å². The first-order valence-electron chi connectivity index (χ1n) is 15.9. The molecule has 1 aromatic carbocycles. The Morgan fingerprint density at radius 2 is 1.76 bits per heavy atom. The fraction of sp³-hybridized carbons (Fsp3) is 0.676. The summed E-state index contributed by atoms with van der Waals surface area (Å²) < 4.78 is 0. The van der Waals surface area contributed by atoms with Gasteiger partial charge in [0.15, 0.2) is 0 Å². The molecule has 1 atom stereocenters. The number of hydrogen-bond acceptors (Lipinski definition) is 5. The Balaban J connectivity index is 0.000000436. The Bertz CT molecular complexity index is 1090. The number of nitrogens with two attached hydrogens (primary N) is 1. The van der Waals surface area contributed by atoms with Gasteiger partial charge in [-0.05, 0) is 101 Å². The van der Waals surface area contributed by atoms with Gasteiger partial charge in [-0.15, -0.1) is 0 Å². The molecule has 0 aromatic heterocycles. The summed E-state index contributed by atoms with van der Waals surface area (Å²) in [7, 11) is 0. The molecule has 2 amide bonds. The molecule has 1 saturated heterocycles. The number of carbonyl (C=O) groups is 2. The number of aliphatic imine (C=N–C) groups is 1. The number of benzene rings is 1. The summed E-state index contributed by atoms with van der Waals surface area (Å²) in [6.45, 7) is 15.1. The molecular weight excluding hydrogens is 512 g/mol. The molecule has 7 heteroatoms. The molecule has 1 aliphatic heterocycles. The Hall–Kier alpha value is -2.67. The van der Waals surface area contributed by atoms with Crippen LogP contribution in [-0.4, -0.2) is 70.3 Å². The summed E-state index contributed by atoms with van der Waals surface area (Å²) in [5.41, 5.74) is 12.4. The van der Waals surface area contributed by atoms with Crippen molar-refractivity contribution in [2.24, 2.45) is 16.6 Å². The van der Waals surface area contributed by atoms with E-state index < -0.39 is 0 Å². The van der Waals surface area contributed by atoms with Crippen LogP contribution in [0.15, 0.2) is 34.5 Å². The number of piperidine rings is 1.